The van der Waals surface area contributed by atoms with E-state index in [0.29, 0.717) is 23.5 Å². The molecule has 2 rings (SSSR count). The van der Waals surface area contributed by atoms with Crippen LogP contribution in [-0.2, 0) is 22.7 Å². The Labute approximate surface area is 115 Å². The van der Waals surface area contributed by atoms with E-state index < -0.39 is 11.8 Å². The predicted molar refractivity (Wildman–Crippen MR) is 70.3 cm³/mol. The molecule has 5 heteroatoms. The van der Waals surface area contributed by atoms with Crippen LogP contribution in [0.15, 0.2) is 47.1 Å². The summed E-state index contributed by atoms with van der Waals surface area (Å²) in [6.45, 7) is 0.534. The fourth-order valence-electron chi connectivity index (χ4n) is 1.67. The summed E-state index contributed by atoms with van der Waals surface area (Å²) in [7, 11) is 0. The van der Waals surface area contributed by atoms with Crippen molar-refractivity contribution in [3.63, 3.8) is 0 Å². The summed E-state index contributed by atoms with van der Waals surface area (Å²) in [5.74, 6) is -0.823. The van der Waals surface area contributed by atoms with Crippen molar-refractivity contribution in [1.29, 1.82) is 0 Å². The van der Waals surface area contributed by atoms with Crippen LogP contribution in [0.3, 0.4) is 0 Å². The van der Waals surface area contributed by atoms with Crippen molar-refractivity contribution in [1.82, 2.24) is 0 Å². The maximum atomic E-state index is 13.2. The summed E-state index contributed by atoms with van der Waals surface area (Å²) in [4.78, 5) is 10.5. The van der Waals surface area contributed by atoms with Gasteiger partial charge >= 0.3 is 5.97 Å². The van der Waals surface area contributed by atoms with Crippen LogP contribution in [0, 0.1) is 5.82 Å². The molecule has 0 fully saturated rings. The van der Waals surface area contributed by atoms with Crippen molar-refractivity contribution in [2.24, 2.45) is 0 Å². The number of rotatable bonds is 6. The van der Waals surface area contributed by atoms with E-state index in [4.69, 9.17) is 14.3 Å². The molecule has 0 spiro atoms. The Morgan fingerprint density at radius 3 is 2.90 bits per heavy atom. The van der Waals surface area contributed by atoms with E-state index in [0.717, 1.165) is 6.08 Å². The zero-order valence-electron chi connectivity index (χ0n) is 10.6. The summed E-state index contributed by atoms with van der Waals surface area (Å²) in [6, 6.07) is 7.70. The van der Waals surface area contributed by atoms with Gasteiger partial charge in [0.05, 0.1) is 12.9 Å². The molecule has 0 unspecified atom stereocenters. The number of carbonyl (C=O) groups is 1. The minimum absolute atomic E-state index is 0.236. The van der Waals surface area contributed by atoms with Gasteiger partial charge in [-0.1, -0.05) is 6.07 Å². The first-order valence-corrected chi connectivity index (χ1v) is 5.95. The first kappa shape index (κ1) is 14.0. The molecule has 0 aliphatic carbocycles. The fourth-order valence-corrected chi connectivity index (χ4v) is 1.67. The third kappa shape index (κ3) is 4.07. The molecule has 0 bridgehead atoms. The van der Waals surface area contributed by atoms with Crippen LogP contribution in [0.25, 0.3) is 6.08 Å². The summed E-state index contributed by atoms with van der Waals surface area (Å²) in [6.07, 6.45) is 3.86. The second-order valence-electron chi connectivity index (χ2n) is 4.09. The highest BCUT2D eigenvalue weighted by Gasteiger charge is 2.04. The summed E-state index contributed by atoms with van der Waals surface area (Å²) >= 11 is 0. The smallest absolute Gasteiger partial charge is 0.328 e. The van der Waals surface area contributed by atoms with Crippen LogP contribution >= 0.6 is 0 Å². The van der Waals surface area contributed by atoms with Crippen molar-refractivity contribution >= 4 is 12.0 Å². The Kier molecular flexibility index (Phi) is 4.68. The van der Waals surface area contributed by atoms with E-state index in [1.807, 2.05) is 0 Å². The van der Waals surface area contributed by atoms with E-state index in [2.05, 4.69) is 0 Å². The molecular weight excluding hydrogens is 263 g/mol. The Morgan fingerprint density at radius 1 is 1.35 bits per heavy atom. The summed E-state index contributed by atoms with van der Waals surface area (Å²) in [5.41, 5.74) is 1.18. The molecule has 104 valence electrons. The number of carboxylic acid groups (broad SMARTS) is 1. The lowest BCUT2D eigenvalue weighted by Crippen LogP contribution is -1.97. The Bertz CT molecular complexity index is 602. The topological polar surface area (TPSA) is 59.7 Å². The van der Waals surface area contributed by atoms with Crippen molar-refractivity contribution in [2.45, 2.75) is 13.2 Å². The lowest BCUT2D eigenvalue weighted by molar-refractivity contribution is -0.131. The monoisotopic (exact) mass is 276 g/mol. The number of aliphatic carboxylic acids is 1. The van der Waals surface area contributed by atoms with Crippen LogP contribution in [0.1, 0.15) is 16.9 Å². The molecule has 4 nitrogen and oxygen atoms in total. The number of carboxylic acids is 1. The second-order valence-corrected chi connectivity index (χ2v) is 4.09. The van der Waals surface area contributed by atoms with Gasteiger partial charge in [0, 0.05) is 6.08 Å². The maximum absolute atomic E-state index is 13.2. The minimum atomic E-state index is -1.09. The third-order valence-electron chi connectivity index (χ3n) is 2.60. The van der Waals surface area contributed by atoms with Gasteiger partial charge in [0.15, 0.2) is 0 Å². The van der Waals surface area contributed by atoms with Gasteiger partial charge in [-0.25, -0.2) is 9.18 Å². The molecule has 1 aromatic heterocycles. The normalized spacial score (nSPS) is 11.1. The first-order valence-electron chi connectivity index (χ1n) is 5.95. The molecule has 0 aliphatic rings. The van der Waals surface area contributed by atoms with Crippen molar-refractivity contribution in [3.05, 3.63) is 65.4 Å². The molecule has 2 aromatic rings. The van der Waals surface area contributed by atoms with Crippen molar-refractivity contribution in [3.8, 4) is 0 Å². The number of ether oxygens (including phenoxy) is 1. The Hall–Kier alpha value is -2.40. The summed E-state index contributed by atoms with van der Waals surface area (Å²) < 4.78 is 23.8. The lowest BCUT2D eigenvalue weighted by Gasteiger charge is -2.07. The van der Waals surface area contributed by atoms with E-state index >= 15 is 0 Å². The van der Waals surface area contributed by atoms with Crippen LogP contribution in [0.2, 0.25) is 0 Å². The minimum Gasteiger partial charge on any atom is -0.478 e. The van der Waals surface area contributed by atoms with Crippen LogP contribution in [0.5, 0.6) is 0 Å². The predicted octanol–water partition coefficient (Wildman–Crippen LogP) is 3.23. The fraction of sp³-hybridized carbons (Fsp3) is 0.133. The van der Waals surface area contributed by atoms with E-state index in [9.17, 15) is 9.18 Å². The van der Waals surface area contributed by atoms with Gasteiger partial charge in [0.1, 0.15) is 18.2 Å². The summed E-state index contributed by atoms with van der Waals surface area (Å²) in [5, 5.41) is 8.61. The number of hydrogen-bond acceptors (Lipinski definition) is 3. The highest BCUT2D eigenvalue weighted by Crippen LogP contribution is 2.15. The van der Waals surface area contributed by atoms with Gasteiger partial charge in [0.25, 0.3) is 0 Å². The molecular formula is C15H13FO4. The average molecular weight is 276 g/mol. The van der Waals surface area contributed by atoms with Crippen LogP contribution in [0.4, 0.5) is 4.39 Å². The number of furan rings is 1. The molecule has 1 aromatic carbocycles. The highest BCUT2D eigenvalue weighted by molar-refractivity contribution is 5.85. The second kappa shape index (κ2) is 6.68. The average Bonchev–Trinajstić information content (AvgIpc) is 2.91. The van der Waals surface area contributed by atoms with E-state index in [-0.39, 0.29) is 6.61 Å². The van der Waals surface area contributed by atoms with E-state index in [1.165, 1.54) is 18.2 Å². The third-order valence-corrected chi connectivity index (χ3v) is 2.60. The Morgan fingerprint density at radius 2 is 2.20 bits per heavy atom. The SMILES string of the molecule is O=C(O)C=Cc1cc(F)ccc1COCc1ccco1. The quantitative estimate of drug-likeness (QED) is 0.823. The van der Waals surface area contributed by atoms with Gasteiger partial charge in [-0.2, -0.15) is 0 Å². The molecule has 0 radical (unpaired) electrons. The molecule has 1 N–H and O–H groups in total. The molecule has 0 aliphatic heterocycles. The molecule has 1 heterocycles. The maximum Gasteiger partial charge on any atom is 0.328 e. The first-order chi connectivity index (χ1) is 9.65. The highest BCUT2D eigenvalue weighted by atomic mass is 19.1. The van der Waals surface area contributed by atoms with Crippen LogP contribution in [-0.4, -0.2) is 11.1 Å². The molecule has 20 heavy (non-hydrogen) atoms. The van der Waals surface area contributed by atoms with Gasteiger partial charge < -0.3 is 14.3 Å². The van der Waals surface area contributed by atoms with Gasteiger partial charge in [0.2, 0.25) is 0 Å². The van der Waals surface area contributed by atoms with E-state index in [1.54, 1.807) is 24.5 Å². The van der Waals surface area contributed by atoms with Gasteiger partial charge in [-0.15, -0.1) is 0 Å². The Balaban J connectivity index is 2.04. The standard InChI is InChI=1S/C15H13FO4/c16-13-5-3-12(11(8-13)4-6-15(17)18)9-19-10-14-2-1-7-20-14/h1-8H,9-10H2,(H,17,18). The number of benzene rings is 1. The number of halogens is 1. The lowest BCUT2D eigenvalue weighted by atomic mass is 10.1. The number of hydrogen-bond donors (Lipinski definition) is 1. The molecule has 0 amide bonds. The zero-order valence-corrected chi connectivity index (χ0v) is 10.6. The molecule has 0 saturated carbocycles. The molecule has 0 atom stereocenters. The van der Waals surface area contributed by atoms with Gasteiger partial charge in [-0.05, 0) is 41.5 Å². The van der Waals surface area contributed by atoms with Crippen LogP contribution < -0.4 is 0 Å². The molecule has 0 saturated heterocycles. The van der Waals surface area contributed by atoms with Gasteiger partial charge in [-0.3, -0.25) is 0 Å². The largest absolute Gasteiger partial charge is 0.478 e. The zero-order chi connectivity index (χ0) is 14.4. The van der Waals surface area contributed by atoms with Crippen molar-refractivity contribution in [2.75, 3.05) is 0 Å². The van der Waals surface area contributed by atoms with Crippen molar-refractivity contribution < 1.29 is 23.4 Å².